The third-order valence-electron chi connectivity index (χ3n) is 7.84. The molecule has 214 valence electrons. The number of methoxy groups -OCH3 is 5. The van der Waals surface area contributed by atoms with E-state index >= 15 is 0 Å². The first-order chi connectivity index (χ1) is 19.1. The molecule has 3 aromatic rings. The molecule has 1 fully saturated rings. The Kier molecular flexibility index (Phi) is 8.46. The second kappa shape index (κ2) is 11.7. The fourth-order valence-electron chi connectivity index (χ4n) is 5.87. The van der Waals surface area contributed by atoms with Gasteiger partial charge in [-0.25, -0.2) is 0 Å². The van der Waals surface area contributed by atoms with Crippen molar-refractivity contribution in [2.45, 2.75) is 36.9 Å². The number of aromatic hydroxyl groups is 1. The van der Waals surface area contributed by atoms with Gasteiger partial charge < -0.3 is 39.0 Å². The van der Waals surface area contributed by atoms with Crippen LogP contribution in [0.25, 0.3) is 0 Å². The number of ether oxygens (including phenoxy) is 5. The van der Waals surface area contributed by atoms with Crippen LogP contribution in [0.4, 0.5) is 0 Å². The highest BCUT2D eigenvalue weighted by Crippen LogP contribution is 2.56. The van der Waals surface area contributed by atoms with Crippen LogP contribution in [0.5, 0.6) is 34.5 Å². The summed E-state index contributed by atoms with van der Waals surface area (Å²) in [6, 6.07) is 14.9. The lowest BCUT2D eigenvalue weighted by Gasteiger charge is -2.48. The van der Waals surface area contributed by atoms with Crippen molar-refractivity contribution >= 4 is 5.78 Å². The van der Waals surface area contributed by atoms with E-state index < -0.39 is 35.2 Å². The van der Waals surface area contributed by atoms with E-state index in [1.807, 2.05) is 0 Å². The molecule has 0 radical (unpaired) electrons. The zero-order valence-electron chi connectivity index (χ0n) is 23.5. The topological polar surface area (TPSA) is 124 Å². The van der Waals surface area contributed by atoms with Crippen molar-refractivity contribution < 1.29 is 43.8 Å². The minimum Gasteiger partial charge on any atom is -0.507 e. The van der Waals surface area contributed by atoms with Gasteiger partial charge in [0.25, 0.3) is 0 Å². The minimum absolute atomic E-state index is 0.0259. The Morgan fingerprint density at radius 2 is 1.40 bits per heavy atom. The first-order valence-corrected chi connectivity index (χ1v) is 12.9. The van der Waals surface area contributed by atoms with Gasteiger partial charge >= 0.3 is 0 Å². The smallest absolute Gasteiger partial charge is 0.170 e. The summed E-state index contributed by atoms with van der Waals surface area (Å²) in [5, 5.41) is 34.2. The van der Waals surface area contributed by atoms with Crippen LogP contribution in [0.3, 0.4) is 0 Å². The average Bonchev–Trinajstić information content (AvgIpc) is 2.96. The van der Waals surface area contributed by atoms with Crippen molar-refractivity contribution in [1.29, 1.82) is 0 Å². The zero-order chi connectivity index (χ0) is 29.2. The van der Waals surface area contributed by atoms with Crippen molar-refractivity contribution in [3.8, 4) is 34.5 Å². The molecule has 0 aliphatic heterocycles. The van der Waals surface area contributed by atoms with E-state index in [2.05, 4.69) is 0 Å². The monoisotopic (exact) mass is 552 g/mol. The van der Waals surface area contributed by atoms with E-state index in [1.54, 1.807) is 56.5 Å². The molecule has 0 heterocycles. The molecule has 5 atom stereocenters. The van der Waals surface area contributed by atoms with Gasteiger partial charge in [0.1, 0.15) is 34.5 Å². The summed E-state index contributed by atoms with van der Waals surface area (Å²) in [5.41, 5.74) is -0.495. The Hall–Kier alpha value is -3.95. The maximum atomic E-state index is 14.5. The molecule has 0 amide bonds. The minimum atomic E-state index is -1.62. The van der Waals surface area contributed by atoms with Crippen LogP contribution in [0.2, 0.25) is 0 Å². The summed E-state index contributed by atoms with van der Waals surface area (Å²) in [7, 11) is 7.50. The molecule has 0 spiro atoms. The number of ketones is 1. The van der Waals surface area contributed by atoms with Crippen LogP contribution in [-0.4, -0.2) is 68.4 Å². The van der Waals surface area contributed by atoms with Gasteiger partial charge in [-0.2, -0.15) is 0 Å². The molecular formula is C31H36O9. The zero-order valence-corrected chi connectivity index (χ0v) is 23.5. The Morgan fingerprint density at radius 1 is 0.825 bits per heavy atom. The van der Waals surface area contributed by atoms with Crippen molar-refractivity contribution in [3.63, 3.8) is 0 Å². The lowest BCUT2D eigenvalue weighted by atomic mass is 9.58. The maximum Gasteiger partial charge on any atom is 0.170 e. The van der Waals surface area contributed by atoms with Crippen molar-refractivity contribution in [3.05, 3.63) is 71.3 Å². The number of rotatable bonds is 9. The quantitative estimate of drug-likeness (QED) is 0.333. The number of hydrogen-bond donors (Lipinski definition) is 3. The third kappa shape index (κ3) is 5.14. The van der Waals surface area contributed by atoms with Crippen LogP contribution in [-0.2, 0) is 0 Å². The van der Waals surface area contributed by atoms with E-state index in [0.29, 0.717) is 39.9 Å². The predicted molar refractivity (Wildman–Crippen MR) is 148 cm³/mol. The lowest BCUT2D eigenvalue weighted by molar-refractivity contribution is -0.114. The van der Waals surface area contributed by atoms with Crippen LogP contribution >= 0.6 is 0 Å². The summed E-state index contributed by atoms with van der Waals surface area (Å²) in [6.07, 6.45) is -1.37. The van der Waals surface area contributed by atoms with Gasteiger partial charge in [0.2, 0.25) is 0 Å². The van der Waals surface area contributed by atoms with Gasteiger partial charge in [0, 0.05) is 35.4 Å². The van der Waals surface area contributed by atoms with Gasteiger partial charge in [-0.05, 0) is 49.2 Å². The van der Waals surface area contributed by atoms with Gasteiger partial charge in [-0.3, -0.25) is 4.79 Å². The molecule has 0 unspecified atom stereocenters. The maximum absolute atomic E-state index is 14.5. The largest absolute Gasteiger partial charge is 0.507 e. The number of hydrogen-bond acceptors (Lipinski definition) is 9. The van der Waals surface area contributed by atoms with Gasteiger partial charge in [-0.15, -0.1) is 0 Å². The number of aliphatic hydroxyl groups excluding tert-OH is 1. The fourth-order valence-corrected chi connectivity index (χ4v) is 5.87. The first-order valence-electron chi connectivity index (χ1n) is 12.9. The molecule has 3 N–H and O–H groups in total. The van der Waals surface area contributed by atoms with Crippen molar-refractivity contribution in [1.82, 2.24) is 0 Å². The number of Topliss-reactive ketones (excluding diaryl/α,β-unsaturated/α-hetero) is 1. The summed E-state index contributed by atoms with van der Waals surface area (Å²) in [5.74, 6) is -1.16. The Bertz CT molecular complexity index is 1340. The molecule has 40 heavy (non-hydrogen) atoms. The SMILES string of the molecule is COc1ccc(C(=O)[C@H]2[C@H](c3c(OC)cccc3OC)[C@@H](O)[C@@](C)(O)C[C@@H]2c2ccc(OC)cc2OC)c(O)c1. The predicted octanol–water partition coefficient (Wildman–Crippen LogP) is 4.32. The lowest BCUT2D eigenvalue weighted by Crippen LogP contribution is -2.54. The summed E-state index contributed by atoms with van der Waals surface area (Å²) in [6.45, 7) is 1.54. The molecule has 0 saturated heterocycles. The summed E-state index contributed by atoms with van der Waals surface area (Å²) in [4.78, 5) is 14.5. The molecule has 1 saturated carbocycles. The van der Waals surface area contributed by atoms with E-state index in [1.165, 1.54) is 40.6 Å². The number of carbonyl (C=O) groups is 1. The highest BCUT2D eigenvalue weighted by molar-refractivity contribution is 6.02. The van der Waals surface area contributed by atoms with Crippen LogP contribution in [0.1, 0.15) is 46.7 Å². The number of phenols is 1. The first kappa shape index (κ1) is 29.0. The fraction of sp³-hybridized carbons (Fsp3) is 0.387. The normalized spacial score (nSPS) is 24.2. The number of aliphatic hydroxyl groups is 2. The average molecular weight is 553 g/mol. The molecule has 0 bridgehead atoms. The Balaban J connectivity index is 2.03. The number of benzene rings is 3. The number of carbonyl (C=O) groups excluding carboxylic acids is 1. The standard InChI is InChI=1S/C31H36O9/c1-31(35)16-21(19-12-10-18(37-3)15-25(19)40-6)26(29(33)20-13-11-17(36-2)14-22(20)32)28(30(31)34)27-23(38-4)8-7-9-24(27)39-5/h7-15,21,26,28,30,32,34-35H,16H2,1-6H3/t21-,26-,28-,30-,31+/m1/s1. The van der Waals surface area contributed by atoms with Gasteiger partial charge in [0.15, 0.2) is 5.78 Å². The molecule has 9 nitrogen and oxygen atoms in total. The Labute approximate surface area is 233 Å². The second-order valence-electron chi connectivity index (χ2n) is 10.1. The van der Waals surface area contributed by atoms with E-state index in [0.717, 1.165) is 0 Å². The van der Waals surface area contributed by atoms with Crippen LogP contribution < -0.4 is 23.7 Å². The second-order valence-corrected chi connectivity index (χ2v) is 10.1. The molecule has 1 aliphatic carbocycles. The summed E-state index contributed by atoms with van der Waals surface area (Å²) < 4.78 is 27.6. The molecule has 1 aliphatic rings. The van der Waals surface area contributed by atoms with Crippen LogP contribution in [0.15, 0.2) is 54.6 Å². The molecule has 0 aromatic heterocycles. The van der Waals surface area contributed by atoms with Crippen molar-refractivity contribution in [2.75, 3.05) is 35.5 Å². The van der Waals surface area contributed by atoms with Crippen molar-refractivity contribution in [2.24, 2.45) is 5.92 Å². The number of phenolic OH excluding ortho intramolecular Hbond substituents is 1. The third-order valence-corrected chi connectivity index (χ3v) is 7.84. The van der Waals surface area contributed by atoms with Gasteiger partial charge in [-0.1, -0.05) is 12.1 Å². The molecule has 3 aromatic carbocycles. The van der Waals surface area contributed by atoms with E-state index in [-0.39, 0.29) is 17.7 Å². The van der Waals surface area contributed by atoms with E-state index in [9.17, 15) is 20.1 Å². The molecular weight excluding hydrogens is 516 g/mol. The highest BCUT2D eigenvalue weighted by Gasteiger charge is 2.55. The molecule has 9 heteroatoms. The highest BCUT2D eigenvalue weighted by atomic mass is 16.5. The molecule has 4 rings (SSSR count). The summed E-state index contributed by atoms with van der Waals surface area (Å²) >= 11 is 0. The Morgan fingerprint density at radius 3 is 1.95 bits per heavy atom. The van der Waals surface area contributed by atoms with Gasteiger partial charge in [0.05, 0.1) is 52.8 Å². The van der Waals surface area contributed by atoms with Crippen LogP contribution in [0, 0.1) is 5.92 Å². The van der Waals surface area contributed by atoms with E-state index in [4.69, 9.17) is 23.7 Å².